The molecule has 2 rings (SSSR count). The summed E-state index contributed by atoms with van der Waals surface area (Å²) in [4.78, 5) is 25.7. The highest BCUT2D eigenvalue weighted by Gasteiger charge is 2.14. The van der Waals surface area contributed by atoms with Crippen LogP contribution in [0.1, 0.15) is 24.2 Å². The molecule has 1 heterocycles. The van der Waals surface area contributed by atoms with Gasteiger partial charge in [0, 0.05) is 30.6 Å². The van der Waals surface area contributed by atoms with E-state index in [2.05, 4.69) is 10.3 Å². The van der Waals surface area contributed by atoms with E-state index in [0.29, 0.717) is 12.2 Å². The fourth-order valence-electron chi connectivity index (χ4n) is 1.92. The summed E-state index contributed by atoms with van der Waals surface area (Å²) >= 11 is 0. The smallest absolute Gasteiger partial charge is 0.340 e. The molecule has 104 valence electrons. The number of nitrogens with one attached hydrogen (secondary N) is 2. The summed E-state index contributed by atoms with van der Waals surface area (Å²) in [5.74, 6) is -0.471. The van der Waals surface area contributed by atoms with Gasteiger partial charge in [-0.05, 0) is 24.6 Å². The first kappa shape index (κ1) is 13.9. The molecule has 0 spiro atoms. The predicted octanol–water partition coefficient (Wildman–Crippen LogP) is 2.82. The van der Waals surface area contributed by atoms with E-state index in [0.717, 1.165) is 16.8 Å². The second-order valence-electron chi connectivity index (χ2n) is 4.26. The number of carbonyl (C=O) groups is 2. The molecule has 0 saturated heterocycles. The fraction of sp³-hybridized carbons (Fsp3) is 0.200. The Kier molecular flexibility index (Phi) is 4.20. The second kappa shape index (κ2) is 6.06. The van der Waals surface area contributed by atoms with Gasteiger partial charge in [-0.1, -0.05) is 12.1 Å². The van der Waals surface area contributed by atoms with Gasteiger partial charge < -0.3 is 15.0 Å². The van der Waals surface area contributed by atoms with E-state index in [-0.39, 0.29) is 11.9 Å². The summed E-state index contributed by atoms with van der Waals surface area (Å²) in [6.07, 6.45) is 3.37. The van der Waals surface area contributed by atoms with Crippen LogP contribution in [-0.4, -0.2) is 23.5 Å². The fourth-order valence-corrected chi connectivity index (χ4v) is 1.92. The molecule has 2 aromatic rings. The van der Waals surface area contributed by atoms with Crippen LogP contribution in [0.3, 0.4) is 0 Å². The Morgan fingerprint density at radius 3 is 2.50 bits per heavy atom. The molecule has 0 aliphatic rings. The maximum absolute atomic E-state index is 11.8. The van der Waals surface area contributed by atoms with Crippen LogP contribution in [-0.2, 0) is 9.53 Å². The highest BCUT2D eigenvalue weighted by Crippen LogP contribution is 2.25. The lowest BCUT2D eigenvalue weighted by atomic mass is 10.0. The van der Waals surface area contributed by atoms with Gasteiger partial charge >= 0.3 is 5.97 Å². The van der Waals surface area contributed by atoms with Crippen LogP contribution in [0.4, 0.5) is 5.69 Å². The summed E-state index contributed by atoms with van der Waals surface area (Å²) in [6.45, 7) is 3.57. The molecule has 0 unspecified atom stereocenters. The molecule has 0 bridgehead atoms. The molecule has 5 nitrogen and oxygen atoms in total. The molecule has 20 heavy (non-hydrogen) atoms. The molecule has 0 fully saturated rings. The van der Waals surface area contributed by atoms with Gasteiger partial charge in [0.15, 0.2) is 0 Å². The van der Waals surface area contributed by atoms with Crippen LogP contribution in [0.15, 0.2) is 36.7 Å². The monoisotopic (exact) mass is 272 g/mol. The van der Waals surface area contributed by atoms with Crippen molar-refractivity contribution in [2.24, 2.45) is 0 Å². The summed E-state index contributed by atoms with van der Waals surface area (Å²) < 4.78 is 5.01. The van der Waals surface area contributed by atoms with E-state index in [4.69, 9.17) is 4.74 Å². The van der Waals surface area contributed by atoms with Crippen molar-refractivity contribution in [1.82, 2.24) is 4.98 Å². The van der Waals surface area contributed by atoms with E-state index >= 15 is 0 Å². The van der Waals surface area contributed by atoms with Crippen molar-refractivity contribution in [2.45, 2.75) is 13.8 Å². The number of hydrogen-bond acceptors (Lipinski definition) is 3. The number of ether oxygens (including phenoxy) is 1. The summed E-state index contributed by atoms with van der Waals surface area (Å²) in [5.41, 5.74) is 2.87. The average molecular weight is 272 g/mol. The van der Waals surface area contributed by atoms with E-state index < -0.39 is 0 Å². The molecule has 0 radical (unpaired) electrons. The number of H-pyrrole nitrogens is 1. The van der Waals surface area contributed by atoms with Crippen molar-refractivity contribution < 1.29 is 14.3 Å². The van der Waals surface area contributed by atoms with Gasteiger partial charge in [-0.2, -0.15) is 0 Å². The predicted molar refractivity (Wildman–Crippen MR) is 76.5 cm³/mol. The van der Waals surface area contributed by atoms with E-state index in [1.807, 2.05) is 12.1 Å². The summed E-state index contributed by atoms with van der Waals surface area (Å²) in [7, 11) is 0. The van der Waals surface area contributed by atoms with Gasteiger partial charge in [-0.25, -0.2) is 4.79 Å². The molecule has 5 heteroatoms. The van der Waals surface area contributed by atoms with Crippen molar-refractivity contribution in [1.29, 1.82) is 0 Å². The van der Waals surface area contributed by atoms with Crippen LogP contribution in [0.5, 0.6) is 0 Å². The number of anilines is 1. The molecule has 1 aromatic carbocycles. The number of benzene rings is 1. The van der Waals surface area contributed by atoms with Gasteiger partial charge in [-0.15, -0.1) is 0 Å². The molecule has 0 atom stereocenters. The van der Waals surface area contributed by atoms with E-state index in [1.54, 1.807) is 31.5 Å². The zero-order valence-corrected chi connectivity index (χ0v) is 11.4. The maximum Gasteiger partial charge on any atom is 0.340 e. The molecule has 2 N–H and O–H groups in total. The highest BCUT2D eigenvalue weighted by atomic mass is 16.5. The quantitative estimate of drug-likeness (QED) is 0.841. The van der Waals surface area contributed by atoms with Crippen LogP contribution < -0.4 is 5.32 Å². The lowest BCUT2D eigenvalue weighted by molar-refractivity contribution is -0.114. The van der Waals surface area contributed by atoms with Crippen molar-refractivity contribution in [3.8, 4) is 11.1 Å². The molecular formula is C15H16N2O3. The number of esters is 1. The maximum atomic E-state index is 11.8. The van der Waals surface area contributed by atoms with Gasteiger partial charge in [0.25, 0.3) is 0 Å². The van der Waals surface area contributed by atoms with Gasteiger partial charge in [0.05, 0.1) is 12.2 Å². The number of carbonyl (C=O) groups excluding carboxylic acids is 2. The van der Waals surface area contributed by atoms with Crippen LogP contribution in [0.25, 0.3) is 11.1 Å². The third kappa shape index (κ3) is 3.06. The van der Waals surface area contributed by atoms with Crippen molar-refractivity contribution in [2.75, 3.05) is 11.9 Å². The first-order valence-corrected chi connectivity index (χ1v) is 6.33. The Morgan fingerprint density at radius 1 is 1.20 bits per heavy atom. The Morgan fingerprint density at radius 2 is 1.90 bits per heavy atom. The molecular weight excluding hydrogens is 256 g/mol. The zero-order valence-electron chi connectivity index (χ0n) is 11.4. The minimum atomic E-state index is -0.352. The van der Waals surface area contributed by atoms with Crippen molar-refractivity contribution in [3.63, 3.8) is 0 Å². The molecule has 0 aliphatic carbocycles. The van der Waals surface area contributed by atoms with Crippen LogP contribution in [0.2, 0.25) is 0 Å². The minimum Gasteiger partial charge on any atom is -0.462 e. The number of aromatic nitrogens is 1. The third-order valence-corrected chi connectivity index (χ3v) is 2.76. The lowest BCUT2D eigenvalue weighted by Crippen LogP contribution is -2.06. The van der Waals surface area contributed by atoms with Crippen LogP contribution >= 0.6 is 0 Å². The Labute approximate surface area is 117 Å². The first-order valence-electron chi connectivity index (χ1n) is 6.33. The molecule has 1 amide bonds. The van der Waals surface area contributed by atoms with E-state index in [9.17, 15) is 9.59 Å². The standard InChI is InChI=1S/C15H16N2O3/c1-3-20-15(19)14-9-16-8-13(14)11-4-6-12(7-5-11)17-10(2)18/h4-9,16H,3H2,1-2H3,(H,17,18). The van der Waals surface area contributed by atoms with Gasteiger partial charge in [0.2, 0.25) is 5.91 Å². The summed E-state index contributed by atoms with van der Waals surface area (Å²) in [6, 6.07) is 7.27. The van der Waals surface area contributed by atoms with Crippen molar-refractivity contribution >= 4 is 17.6 Å². The van der Waals surface area contributed by atoms with Gasteiger partial charge in [0.1, 0.15) is 0 Å². The first-order chi connectivity index (χ1) is 9.61. The Balaban J connectivity index is 2.26. The SMILES string of the molecule is CCOC(=O)c1c[nH]cc1-c1ccc(NC(C)=O)cc1. The summed E-state index contributed by atoms with van der Waals surface area (Å²) in [5, 5.41) is 2.70. The normalized spacial score (nSPS) is 10.1. The van der Waals surface area contributed by atoms with E-state index in [1.165, 1.54) is 6.92 Å². The topological polar surface area (TPSA) is 71.2 Å². The minimum absolute atomic E-state index is 0.119. The number of hydrogen-bond donors (Lipinski definition) is 2. The Hall–Kier alpha value is -2.56. The average Bonchev–Trinajstić information content (AvgIpc) is 2.88. The largest absolute Gasteiger partial charge is 0.462 e. The Bertz CT molecular complexity index is 614. The highest BCUT2D eigenvalue weighted by molar-refractivity contribution is 5.97. The number of amides is 1. The lowest BCUT2D eigenvalue weighted by Gasteiger charge is -2.06. The second-order valence-corrected chi connectivity index (χ2v) is 4.26. The number of rotatable bonds is 4. The molecule has 0 aliphatic heterocycles. The zero-order chi connectivity index (χ0) is 14.5. The number of aromatic amines is 1. The van der Waals surface area contributed by atoms with Crippen molar-refractivity contribution in [3.05, 3.63) is 42.2 Å². The molecule has 0 saturated carbocycles. The third-order valence-electron chi connectivity index (χ3n) is 2.76. The van der Waals surface area contributed by atoms with Crippen LogP contribution in [0, 0.1) is 0 Å². The van der Waals surface area contributed by atoms with Gasteiger partial charge in [-0.3, -0.25) is 4.79 Å². The molecule has 1 aromatic heterocycles.